The summed E-state index contributed by atoms with van der Waals surface area (Å²) in [5, 5.41) is 12.1. The Labute approximate surface area is 127 Å². The summed E-state index contributed by atoms with van der Waals surface area (Å²) in [6.07, 6.45) is -0.659. The van der Waals surface area contributed by atoms with Crippen LogP contribution in [0.3, 0.4) is 0 Å². The molecule has 0 aliphatic heterocycles. The van der Waals surface area contributed by atoms with Crippen molar-refractivity contribution in [3.63, 3.8) is 0 Å². The van der Waals surface area contributed by atoms with Gasteiger partial charge < -0.3 is 10.1 Å². The summed E-state index contributed by atoms with van der Waals surface area (Å²) in [6.45, 7) is 1.66. The van der Waals surface area contributed by atoms with Crippen LogP contribution in [0.4, 0.5) is 5.69 Å². The smallest absolute Gasteiger partial charge is 0.265 e. The van der Waals surface area contributed by atoms with Crippen LogP contribution in [0.5, 0.6) is 5.75 Å². The van der Waals surface area contributed by atoms with Gasteiger partial charge in [-0.25, -0.2) is 0 Å². The number of anilines is 1. The number of hydrogen-bond acceptors (Lipinski definition) is 3. The van der Waals surface area contributed by atoms with E-state index in [1.807, 2.05) is 6.07 Å². The van der Waals surface area contributed by atoms with E-state index in [1.165, 1.54) is 0 Å². The maximum atomic E-state index is 12.0. The molecule has 0 saturated heterocycles. The second-order valence-corrected chi connectivity index (χ2v) is 4.83. The van der Waals surface area contributed by atoms with Gasteiger partial charge in [-0.3, -0.25) is 4.79 Å². The second-order valence-electron chi connectivity index (χ2n) is 4.39. The predicted octanol–water partition coefficient (Wildman–Crippen LogP) is 3.62. The number of nitrogens with zero attached hydrogens (tertiary/aromatic N) is 1. The summed E-state index contributed by atoms with van der Waals surface area (Å²) in [5.41, 5.74) is 1.19. The topological polar surface area (TPSA) is 62.1 Å². The third kappa shape index (κ3) is 4.23. The van der Waals surface area contributed by atoms with Crippen molar-refractivity contribution in [2.24, 2.45) is 0 Å². The molecule has 1 atom stereocenters. The number of benzene rings is 2. The Balaban J connectivity index is 1.95. The second kappa shape index (κ2) is 6.78. The Hall–Kier alpha value is -2.51. The first-order valence-corrected chi connectivity index (χ1v) is 6.69. The quantitative estimate of drug-likeness (QED) is 0.938. The molecule has 2 rings (SSSR count). The van der Waals surface area contributed by atoms with E-state index in [0.29, 0.717) is 22.0 Å². The average molecular weight is 301 g/mol. The van der Waals surface area contributed by atoms with Crippen molar-refractivity contribution in [2.75, 3.05) is 5.32 Å². The van der Waals surface area contributed by atoms with Crippen molar-refractivity contribution in [3.05, 3.63) is 59.1 Å². The number of rotatable bonds is 4. The zero-order chi connectivity index (χ0) is 15.2. The largest absolute Gasteiger partial charge is 0.481 e. The lowest BCUT2D eigenvalue weighted by Crippen LogP contribution is -2.30. The minimum Gasteiger partial charge on any atom is -0.481 e. The normalized spacial score (nSPS) is 11.3. The van der Waals surface area contributed by atoms with Crippen LogP contribution in [0.2, 0.25) is 5.02 Å². The van der Waals surface area contributed by atoms with E-state index in [2.05, 4.69) is 5.32 Å². The van der Waals surface area contributed by atoms with E-state index in [-0.39, 0.29) is 5.91 Å². The number of ether oxygens (including phenoxy) is 1. The molecule has 21 heavy (non-hydrogen) atoms. The highest BCUT2D eigenvalue weighted by Gasteiger charge is 2.14. The molecule has 0 fully saturated rings. The molecule has 0 radical (unpaired) electrons. The summed E-state index contributed by atoms with van der Waals surface area (Å²) < 4.78 is 5.52. The molecule has 0 unspecified atom stereocenters. The minimum atomic E-state index is -0.659. The van der Waals surface area contributed by atoms with Gasteiger partial charge in [0, 0.05) is 10.7 Å². The molecule has 0 aliphatic carbocycles. The van der Waals surface area contributed by atoms with E-state index in [4.69, 9.17) is 21.6 Å². The van der Waals surface area contributed by atoms with Gasteiger partial charge >= 0.3 is 0 Å². The molecular weight excluding hydrogens is 288 g/mol. The molecule has 1 N–H and O–H groups in total. The summed E-state index contributed by atoms with van der Waals surface area (Å²) >= 11 is 5.78. The van der Waals surface area contributed by atoms with Crippen LogP contribution in [0, 0.1) is 11.3 Å². The third-order valence-corrected chi connectivity index (χ3v) is 3.03. The third-order valence-electron chi connectivity index (χ3n) is 2.78. The zero-order valence-corrected chi connectivity index (χ0v) is 12.1. The highest BCUT2D eigenvalue weighted by atomic mass is 35.5. The Kier molecular flexibility index (Phi) is 4.81. The fraction of sp³-hybridized carbons (Fsp3) is 0.125. The van der Waals surface area contributed by atoms with Crippen molar-refractivity contribution in [1.82, 2.24) is 0 Å². The molecular formula is C16H13ClN2O2. The number of carbonyl (C=O) groups excluding carboxylic acids is 1. The first kappa shape index (κ1) is 14.9. The number of hydrogen-bond donors (Lipinski definition) is 1. The average Bonchev–Trinajstić information content (AvgIpc) is 2.50. The van der Waals surface area contributed by atoms with Gasteiger partial charge in [0.1, 0.15) is 5.75 Å². The SMILES string of the molecule is C[C@H](Oc1ccc(C#N)cc1)C(=O)Nc1ccc(Cl)cc1. The lowest BCUT2D eigenvalue weighted by molar-refractivity contribution is -0.122. The molecule has 1 amide bonds. The van der Waals surface area contributed by atoms with Crippen LogP contribution in [0.1, 0.15) is 12.5 Å². The van der Waals surface area contributed by atoms with Crippen molar-refractivity contribution in [3.8, 4) is 11.8 Å². The monoisotopic (exact) mass is 300 g/mol. The molecule has 4 nitrogen and oxygen atoms in total. The molecule has 5 heteroatoms. The molecule has 0 saturated carbocycles. The highest BCUT2D eigenvalue weighted by molar-refractivity contribution is 6.30. The van der Waals surface area contributed by atoms with Gasteiger partial charge in [-0.15, -0.1) is 0 Å². The Morgan fingerprint density at radius 3 is 2.38 bits per heavy atom. The molecule has 0 aromatic heterocycles. The molecule has 2 aromatic carbocycles. The van der Waals surface area contributed by atoms with Crippen LogP contribution < -0.4 is 10.1 Å². The Morgan fingerprint density at radius 2 is 1.81 bits per heavy atom. The van der Waals surface area contributed by atoms with E-state index < -0.39 is 6.10 Å². The molecule has 0 aliphatic rings. The number of amides is 1. The maximum absolute atomic E-state index is 12.0. The van der Waals surface area contributed by atoms with Gasteiger partial charge in [0.2, 0.25) is 0 Å². The summed E-state index contributed by atoms with van der Waals surface area (Å²) in [5.74, 6) is 0.273. The number of halogens is 1. The predicted molar refractivity (Wildman–Crippen MR) is 81.3 cm³/mol. The van der Waals surface area contributed by atoms with Gasteiger partial charge in [-0.05, 0) is 55.5 Å². The van der Waals surface area contributed by atoms with Crippen molar-refractivity contribution in [2.45, 2.75) is 13.0 Å². The van der Waals surface area contributed by atoms with Crippen molar-refractivity contribution < 1.29 is 9.53 Å². The maximum Gasteiger partial charge on any atom is 0.265 e. The first-order chi connectivity index (χ1) is 10.1. The van der Waals surface area contributed by atoms with Gasteiger partial charge in [-0.2, -0.15) is 5.26 Å². The molecule has 106 valence electrons. The van der Waals surface area contributed by atoms with Crippen molar-refractivity contribution >= 4 is 23.2 Å². The molecule has 0 spiro atoms. The van der Waals surface area contributed by atoms with E-state index in [0.717, 1.165) is 0 Å². The summed E-state index contributed by atoms with van der Waals surface area (Å²) in [6, 6.07) is 15.4. The summed E-state index contributed by atoms with van der Waals surface area (Å²) in [4.78, 5) is 12.0. The standard InChI is InChI=1S/C16H13ClN2O2/c1-11(21-15-8-2-12(10-18)3-9-15)16(20)19-14-6-4-13(17)5-7-14/h2-9,11H,1H3,(H,19,20)/t11-/m0/s1. The van der Waals surface area contributed by atoms with Crippen LogP contribution >= 0.6 is 11.6 Å². The number of nitriles is 1. The fourth-order valence-electron chi connectivity index (χ4n) is 1.64. The highest BCUT2D eigenvalue weighted by Crippen LogP contribution is 2.16. The Bertz CT molecular complexity index is 660. The van der Waals surface area contributed by atoms with E-state index >= 15 is 0 Å². The van der Waals surface area contributed by atoms with E-state index in [1.54, 1.807) is 55.5 Å². The van der Waals surface area contributed by atoms with Crippen LogP contribution in [-0.2, 0) is 4.79 Å². The lowest BCUT2D eigenvalue weighted by Gasteiger charge is -2.14. The van der Waals surface area contributed by atoms with Crippen LogP contribution in [-0.4, -0.2) is 12.0 Å². The Morgan fingerprint density at radius 1 is 1.19 bits per heavy atom. The minimum absolute atomic E-state index is 0.262. The van der Waals surface area contributed by atoms with E-state index in [9.17, 15) is 4.79 Å². The lowest BCUT2D eigenvalue weighted by atomic mass is 10.2. The number of nitrogens with one attached hydrogen (secondary N) is 1. The van der Waals surface area contributed by atoms with Crippen LogP contribution in [0.25, 0.3) is 0 Å². The van der Waals surface area contributed by atoms with Gasteiger partial charge in [0.25, 0.3) is 5.91 Å². The molecule has 2 aromatic rings. The first-order valence-electron chi connectivity index (χ1n) is 6.32. The zero-order valence-electron chi connectivity index (χ0n) is 11.3. The molecule has 0 heterocycles. The van der Waals surface area contributed by atoms with Crippen molar-refractivity contribution in [1.29, 1.82) is 5.26 Å². The molecule has 0 bridgehead atoms. The van der Waals surface area contributed by atoms with Crippen LogP contribution in [0.15, 0.2) is 48.5 Å². The van der Waals surface area contributed by atoms with Gasteiger partial charge in [0.05, 0.1) is 11.6 Å². The van der Waals surface area contributed by atoms with Gasteiger partial charge in [-0.1, -0.05) is 11.6 Å². The fourth-order valence-corrected chi connectivity index (χ4v) is 1.77. The number of carbonyl (C=O) groups is 1. The van der Waals surface area contributed by atoms with Gasteiger partial charge in [0.15, 0.2) is 6.10 Å². The summed E-state index contributed by atoms with van der Waals surface area (Å²) in [7, 11) is 0.